The van der Waals surface area contributed by atoms with E-state index in [-0.39, 0.29) is 5.91 Å². The summed E-state index contributed by atoms with van der Waals surface area (Å²) in [6, 6.07) is 5.90. The number of carboxylic acids is 1. The second-order valence-corrected chi connectivity index (χ2v) is 10.4. The maximum Gasteiger partial charge on any atom is 0.329 e. The molecule has 1 aliphatic rings. The van der Waals surface area contributed by atoms with E-state index in [0.29, 0.717) is 43.9 Å². The van der Waals surface area contributed by atoms with Crippen LogP contribution in [-0.4, -0.2) is 67.0 Å². The van der Waals surface area contributed by atoms with E-state index in [0.717, 1.165) is 27.8 Å². The van der Waals surface area contributed by atoms with Gasteiger partial charge in [0.2, 0.25) is 5.91 Å². The highest BCUT2D eigenvalue weighted by Crippen LogP contribution is 2.34. The molecule has 0 unspecified atom stereocenters. The first-order chi connectivity index (χ1) is 17.6. The molecule has 1 amide bonds. The van der Waals surface area contributed by atoms with Gasteiger partial charge in [0, 0.05) is 35.8 Å². The number of hydrogen-bond acceptors (Lipinski definition) is 7. The van der Waals surface area contributed by atoms with Crippen LogP contribution in [0.25, 0.3) is 27.7 Å². The average Bonchev–Trinajstić information content (AvgIpc) is 3.45. The number of carbonyl (C=O) groups excluding carboxylic acids is 1. The standard InChI is InChI=1S/C26H31N7O4/c1-5-37-17-12-18(21-19-14-28-30-22(19)31-33(21)15-17)16-6-7-20(27-13-16)32-10-8-26(9-11-32,24(35)36)29-23(34)25(2,3)4/h6-7,12-15H,5,8-11H2,1-4H3,(H,29,34)(H,30,31)(H,35,36). The number of piperidine rings is 1. The Labute approximate surface area is 213 Å². The smallest absolute Gasteiger partial charge is 0.329 e. The molecule has 1 fully saturated rings. The number of aromatic nitrogens is 5. The summed E-state index contributed by atoms with van der Waals surface area (Å²) in [6.45, 7) is 8.72. The van der Waals surface area contributed by atoms with E-state index in [1.54, 1.807) is 37.7 Å². The number of fused-ring (bicyclic) bond motifs is 3. The highest BCUT2D eigenvalue weighted by Gasteiger charge is 2.44. The maximum absolute atomic E-state index is 12.5. The molecular weight excluding hydrogens is 474 g/mol. The minimum Gasteiger partial charge on any atom is -0.492 e. The van der Waals surface area contributed by atoms with Crippen molar-refractivity contribution in [2.75, 3.05) is 24.6 Å². The van der Waals surface area contributed by atoms with Crippen molar-refractivity contribution in [1.29, 1.82) is 0 Å². The van der Waals surface area contributed by atoms with Crippen molar-refractivity contribution in [3.8, 4) is 16.9 Å². The Morgan fingerprint density at radius 1 is 1.22 bits per heavy atom. The van der Waals surface area contributed by atoms with Crippen LogP contribution in [0.4, 0.5) is 5.82 Å². The SMILES string of the molecule is CCOc1cc(-c2ccc(N3CCC(NC(=O)C(C)(C)C)(C(=O)O)CC3)nc2)c2c3cn[nH]c3nn2c1. The number of anilines is 1. The first kappa shape index (κ1) is 24.5. The largest absolute Gasteiger partial charge is 0.492 e. The van der Waals surface area contributed by atoms with Crippen molar-refractivity contribution >= 4 is 34.2 Å². The Hall–Kier alpha value is -4.15. The highest BCUT2D eigenvalue weighted by molar-refractivity contribution is 6.01. The Kier molecular flexibility index (Phi) is 6.01. The molecule has 1 aliphatic heterocycles. The van der Waals surface area contributed by atoms with Gasteiger partial charge in [0.05, 0.1) is 29.9 Å². The molecule has 5 rings (SSSR count). The predicted octanol–water partition coefficient (Wildman–Crippen LogP) is 3.26. The van der Waals surface area contributed by atoms with Crippen molar-refractivity contribution in [1.82, 2.24) is 30.1 Å². The van der Waals surface area contributed by atoms with Crippen LogP contribution in [0.5, 0.6) is 5.75 Å². The third kappa shape index (κ3) is 4.45. The number of nitrogens with zero attached hydrogens (tertiary/aromatic N) is 5. The molecule has 0 radical (unpaired) electrons. The lowest BCUT2D eigenvalue weighted by molar-refractivity contribution is -0.150. The fourth-order valence-electron chi connectivity index (χ4n) is 4.65. The lowest BCUT2D eigenvalue weighted by atomic mass is 9.85. The molecule has 11 heteroatoms. The van der Waals surface area contributed by atoms with Crippen molar-refractivity contribution in [2.45, 2.75) is 46.1 Å². The molecule has 37 heavy (non-hydrogen) atoms. The number of ether oxygens (including phenoxy) is 1. The number of carboxylic acid groups (broad SMARTS) is 1. The molecule has 0 spiro atoms. The second kappa shape index (κ2) is 9.06. The van der Waals surface area contributed by atoms with E-state index in [4.69, 9.17) is 9.72 Å². The number of carbonyl (C=O) groups is 2. The Morgan fingerprint density at radius 3 is 2.59 bits per heavy atom. The Bertz CT molecular complexity index is 1460. The van der Waals surface area contributed by atoms with E-state index in [2.05, 4.69) is 20.6 Å². The topological polar surface area (TPSA) is 138 Å². The molecule has 11 nitrogen and oxygen atoms in total. The molecular formula is C26H31N7O4. The van der Waals surface area contributed by atoms with E-state index in [1.165, 1.54) is 0 Å². The van der Waals surface area contributed by atoms with Crippen molar-refractivity contribution in [3.63, 3.8) is 0 Å². The van der Waals surface area contributed by atoms with Crippen molar-refractivity contribution in [3.05, 3.63) is 36.8 Å². The van der Waals surface area contributed by atoms with Crippen LogP contribution < -0.4 is 15.0 Å². The van der Waals surface area contributed by atoms with Gasteiger partial charge in [-0.2, -0.15) is 5.10 Å². The summed E-state index contributed by atoms with van der Waals surface area (Å²) in [5.41, 5.74) is 1.47. The number of aliphatic carboxylic acids is 1. The minimum absolute atomic E-state index is 0.266. The normalized spacial score (nSPS) is 15.7. The van der Waals surface area contributed by atoms with Gasteiger partial charge in [-0.25, -0.2) is 14.3 Å². The van der Waals surface area contributed by atoms with Gasteiger partial charge in [0.1, 0.15) is 17.1 Å². The molecule has 0 aromatic carbocycles. The van der Waals surface area contributed by atoms with Gasteiger partial charge in [0.25, 0.3) is 0 Å². The summed E-state index contributed by atoms with van der Waals surface area (Å²) < 4.78 is 7.55. The predicted molar refractivity (Wildman–Crippen MR) is 139 cm³/mol. The molecule has 4 aromatic rings. The number of aromatic amines is 1. The van der Waals surface area contributed by atoms with Gasteiger partial charge in [0.15, 0.2) is 5.65 Å². The van der Waals surface area contributed by atoms with E-state index >= 15 is 0 Å². The summed E-state index contributed by atoms with van der Waals surface area (Å²) in [6.07, 6.45) is 5.99. The maximum atomic E-state index is 12.5. The molecule has 194 valence electrons. The van der Waals surface area contributed by atoms with Crippen LogP contribution >= 0.6 is 0 Å². The molecule has 5 heterocycles. The Morgan fingerprint density at radius 2 is 1.97 bits per heavy atom. The third-order valence-electron chi connectivity index (χ3n) is 6.86. The average molecular weight is 506 g/mol. The zero-order chi connectivity index (χ0) is 26.4. The summed E-state index contributed by atoms with van der Waals surface area (Å²) in [5, 5.41) is 25.2. The Balaban J connectivity index is 1.40. The van der Waals surface area contributed by atoms with E-state index in [1.807, 2.05) is 36.2 Å². The van der Waals surface area contributed by atoms with Gasteiger partial charge >= 0.3 is 5.97 Å². The fourth-order valence-corrected chi connectivity index (χ4v) is 4.65. The first-order valence-electron chi connectivity index (χ1n) is 12.4. The molecule has 1 saturated heterocycles. The van der Waals surface area contributed by atoms with E-state index < -0.39 is 16.9 Å². The molecule has 0 saturated carbocycles. The third-order valence-corrected chi connectivity index (χ3v) is 6.86. The van der Waals surface area contributed by atoms with Gasteiger partial charge < -0.3 is 20.1 Å². The summed E-state index contributed by atoms with van der Waals surface area (Å²) in [4.78, 5) is 31.4. The van der Waals surface area contributed by atoms with E-state index in [9.17, 15) is 14.7 Å². The van der Waals surface area contributed by atoms with Crippen LogP contribution in [0.1, 0.15) is 40.5 Å². The fraction of sp³-hybridized carbons (Fsp3) is 0.423. The zero-order valence-corrected chi connectivity index (χ0v) is 21.4. The van der Waals surface area contributed by atoms with Crippen LogP contribution in [0, 0.1) is 5.41 Å². The van der Waals surface area contributed by atoms with Gasteiger partial charge in [-0.3, -0.25) is 9.89 Å². The molecule has 0 bridgehead atoms. The number of H-pyrrole nitrogens is 1. The summed E-state index contributed by atoms with van der Waals surface area (Å²) in [7, 11) is 0. The number of rotatable bonds is 6. The number of nitrogens with one attached hydrogen (secondary N) is 2. The van der Waals surface area contributed by atoms with Crippen LogP contribution in [0.15, 0.2) is 36.8 Å². The monoisotopic (exact) mass is 505 g/mol. The molecule has 0 aliphatic carbocycles. The lowest BCUT2D eigenvalue weighted by Crippen LogP contribution is -2.61. The van der Waals surface area contributed by atoms with Crippen molar-refractivity contribution in [2.24, 2.45) is 5.41 Å². The second-order valence-electron chi connectivity index (χ2n) is 10.4. The van der Waals surface area contributed by atoms with Crippen LogP contribution in [-0.2, 0) is 9.59 Å². The van der Waals surface area contributed by atoms with Crippen LogP contribution in [0.2, 0.25) is 0 Å². The molecule has 4 aromatic heterocycles. The first-order valence-corrected chi connectivity index (χ1v) is 12.4. The summed E-state index contributed by atoms with van der Waals surface area (Å²) >= 11 is 0. The van der Waals surface area contributed by atoms with Gasteiger partial charge in [-0.05, 0) is 38.0 Å². The summed E-state index contributed by atoms with van der Waals surface area (Å²) in [5.74, 6) is 0.185. The number of amides is 1. The van der Waals surface area contributed by atoms with Crippen LogP contribution in [0.3, 0.4) is 0 Å². The highest BCUT2D eigenvalue weighted by atomic mass is 16.5. The number of hydrogen-bond donors (Lipinski definition) is 3. The van der Waals surface area contributed by atoms with Gasteiger partial charge in [-0.15, -0.1) is 5.10 Å². The molecule has 3 N–H and O–H groups in total. The lowest BCUT2D eigenvalue weighted by Gasteiger charge is -2.41. The van der Waals surface area contributed by atoms with Gasteiger partial charge in [-0.1, -0.05) is 20.8 Å². The number of pyridine rings is 2. The quantitative estimate of drug-likeness (QED) is 0.363. The zero-order valence-electron chi connectivity index (χ0n) is 21.4. The molecule has 0 atom stereocenters. The van der Waals surface area contributed by atoms with Crippen molar-refractivity contribution < 1.29 is 19.4 Å². The minimum atomic E-state index is -1.27.